The molecule has 4 N–H and O–H groups in total. The van der Waals surface area contributed by atoms with Crippen molar-refractivity contribution in [3.63, 3.8) is 0 Å². The monoisotopic (exact) mass is 505 g/mol. The summed E-state index contributed by atoms with van der Waals surface area (Å²) in [5, 5.41) is 12.7. The van der Waals surface area contributed by atoms with E-state index in [9.17, 15) is 9.59 Å². The molecule has 37 heavy (non-hydrogen) atoms. The number of anilines is 2. The summed E-state index contributed by atoms with van der Waals surface area (Å²) in [6.45, 7) is 2.54. The Balaban J connectivity index is 1.41. The number of carbonyl (C=O) groups excluding carboxylic acids is 2. The van der Waals surface area contributed by atoms with Crippen LogP contribution >= 0.6 is 0 Å². The van der Waals surface area contributed by atoms with Crippen LogP contribution in [0.1, 0.15) is 68.1 Å². The maximum atomic E-state index is 13.0. The number of likely N-dealkylation sites (N-methyl/N-ethyl adjacent to an activating group) is 1. The normalized spacial score (nSPS) is 19.8. The largest absolute Gasteiger partial charge is 0.371 e. The van der Waals surface area contributed by atoms with E-state index in [0.717, 1.165) is 82.1 Å². The Morgan fingerprint density at radius 3 is 2.41 bits per heavy atom. The number of nitrogens with zero attached hydrogens (tertiary/aromatic N) is 3. The topological polar surface area (TPSA) is 111 Å². The lowest BCUT2D eigenvalue weighted by Gasteiger charge is -2.16. The molecule has 9 nitrogen and oxygen atoms in total. The molecule has 1 aromatic rings. The van der Waals surface area contributed by atoms with Gasteiger partial charge in [0, 0.05) is 50.9 Å². The molecule has 1 saturated carbocycles. The maximum Gasteiger partial charge on any atom is 0.256 e. The lowest BCUT2D eigenvalue weighted by atomic mass is 9.97. The van der Waals surface area contributed by atoms with Crippen molar-refractivity contribution < 1.29 is 9.59 Å². The Morgan fingerprint density at radius 2 is 1.70 bits per heavy atom. The van der Waals surface area contributed by atoms with Gasteiger partial charge in [0.2, 0.25) is 11.9 Å². The zero-order valence-electron chi connectivity index (χ0n) is 22.1. The molecule has 2 bridgehead atoms. The van der Waals surface area contributed by atoms with E-state index in [-0.39, 0.29) is 17.2 Å². The van der Waals surface area contributed by atoms with E-state index >= 15 is 0 Å². The van der Waals surface area contributed by atoms with Crippen molar-refractivity contribution in [2.45, 2.75) is 57.8 Å². The highest BCUT2D eigenvalue weighted by Gasteiger charge is 2.48. The average molecular weight is 506 g/mol. The third-order valence-electron chi connectivity index (χ3n) is 7.13. The molecule has 3 aliphatic rings. The molecule has 198 valence electrons. The second-order valence-electron chi connectivity index (χ2n) is 10.3. The first-order valence-electron chi connectivity index (χ1n) is 13.5. The summed E-state index contributed by atoms with van der Waals surface area (Å²) in [6.07, 6.45) is 14.4. The van der Waals surface area contributed by atoms with Gasteiger partial charge in [-0.25, -0.2) is 4.98 Å². The molecule has 2 aliphatic carbocycles. The van der Waals surface area contributed by atoms with Gasteiger partial charge in [0.1, 0.15) is 11.4 Å². The highest BCUT2D eigenvalue weighted by Crippen LogP contribution is 2.50. The fraction of sp³-hybridized carbons (Fsp3) is 0.571. The van der Waals surface area contributed by atoms with Gasteiger partial charge < -0.3 is 26.2 Å². The number of hydrogen-bond donors (Lipinski definition) is 4. The number of hydrogen-bond acceptors (Lipinski definition) is 7. The van der Waals surface area contributed by atoms with Crippen molar-refractivity contribution in [2.75, 3.05) is 50.9 Å². The molecular weight excluding hydrogens is 466 g/mol. The molecule has 0 saturated heterocycles. The van der Waals surface area contributed by atoms with Crippen molar-refractivity contribution in [1.29, 1.82) is 0 Å². The van der Waals surface area contributed by atoms with Gasteiger partial charge >= 0.3 is 0 Å². The van der Waals surface area contributed by atoms with E-state index in [4.69, 9.17) is 0 Å². The fourth-order valence-electron chi connectivity index (χ4n) is 4.54. The summed E-state index contributed by atoms with van der Waals surface area (Å²) in [5.74, 6) is 1.03. The zero-order valence-corrected chi connectivity index (χ0v) is 22.1. The highest BCUT2D eigenvalue weighted by atomic mass is 16.2. The van der Waals surface area contributed by atoms with Crippen LogP contribution < -0.4 is 21.3 Å². The summed E-state index contributed by atoms with van der Waals surface area (Å²) < 4.78 is 0. The van der Waals surface area contributed by atoms with E-state index in [0.29, 0.717) is 30.4 Å². The molecule has 1 aromatic heterocycles. The van der Waals surface area contributed by atoms with Crippen LogP contribution in [-0.4, -0.2) is 67.0 Å². The highest BCUT2D eigenvalue weighted by molar-refractivity contribution is 5.98. The molecule has 0 aromatic carbocycles. The Bertz CT molecular complexity index is 1120. The van der Waals surface area contributed by atoms with Crippen molar-refractivity contribution in [3.05, 3.63) is 46.6 Å². The van der Waals surface area contributed by atoms with Crippen LogP contribution in [0, 0.1) is 5.41 Å². The van der Waals surface area contributed by atoms with Crippen LogP contribution in [0.3, 0.4) is 0 Å². The maximum absolute atomic E-state index is 13.0. The predicted molar refractivity (Wildman–Crippen MR) is 145 cm³/mol. The summed E-state index contributed by atoms with van der Waals surface area (Å²) in [4.78, 5) is 36.6. The minimum Gasteiger partial charge on any atom is -0.371 e. The first-order valence-corrected chi connectivity index (χ1v) is 13.5. The lowest BCUT2D eigenvalue weighted by molar-refractivity contribution is -0.126. The standard InChI is InChI=1S/C28H39N7O2/c1-35(2)22-11-9-21(10-12-22)19-32-25(36)23-20-33-27-31-18-7-4-3-6-17-30-26(37)28(14-15-28)13-5-8-16-29-24(23)34-27/h9,11,20H,3-8,13-19H2,1-2H3,(H,30,37)(H,32,36)(H2,29,31,33,34). The molecule has 4 rings (SSSR count). The lowest BCUT2D eigenvalue weighted by Crippen LogP contribution is -2.32. The van der Waals surface area contributed by atoms with Crippen LogP contribution in [-0.2, 0) is 4.79 Å². The van der Waals surface area contributed by atoms with E-state index in [1.165, 1.54) is 0 Å². The Kier molecular flexibility index (Phi) is 9.04. The number of allylic oxidation sites excluding steroid dienone is 1. The van der Waals surface area contributed by atoms with Gasteiger partial charge in [0.25, 0.3) is 5.91 Å². The Morgan fingerprint density at radius 1 is 0.973 bits per heavy atom. The molecule has 2 heterocycles. The van der Waals surface area contributed by atoms with Gasteiger partial charge in [-0.05, 0) is 56.4 Å². The molecular formula is C28H39N7O2. The van der Waals surface area contributed by atoms with E-state index in [2.05, 4.69) is 42.7 Å². The number of aromatic nitrogens is 2. The smallest absolute Gasteiger partial charge is 0.256 e. The zero-order chi connectivity index (χ0) is 26.1. The van der Waals surface area contributed by atoms with E-state index in [1.807, 2.05) is 31.1 Å². The quantitative estimate of drug-likeness (QED) is 0.464. The van der Waals surface area contributed by atoms with Crippen LogP contribution in [0.2, 0.25) is 0 Å². The van der Waals surface area contributed by atoms with Crippen molar-refractivity contribution in [3.8, 4) is 0 Å². The third-order valence-corrected chi connectivity index (χ3v) is 7.13. The molecule has 0 unspecified atom stereocenters. The van der Waals surface area contributed by atoms with Crippen LogP contribution in [0.15, 0.2) is 41.1 Å². The second-order valence-corrected chi connectivity index (χ2v) is 10.3. The first-order chi connectivity index (χ1) is 18.0. The number of nitrogens with one attached hydrogen (secondary N) is 4. The molecule has 1 aliphatic heterocycles. The van der Waals surface area contributed by atoms with Gasteiger partial charge in [-0.15, -0.1) is 0 Å². The van der Waals surface area contributed by atoms with Crippen molar-refractivity contribution >= 4 is 23.6 Å². The van der Waals surface area contributed by atoms with Gasteiger partial charge in [0.05, 0.1) is 12.2 Å². The second kappa shape index (κ2) is 12.6. The van der Waals surface area contributed by atoms with Gasteiger partial charge in [0.15, 0.2) is 0 Å². The summed E-state index contributed by atoms with van der Waals surface area (Å²) in [6, 6.07) is 0. The van der Waals surface area contributed by atoms with Gasteiger partial charge in [-0.2, -0.15) is 4.98 Å². The van der Waals surface area contributed by atoms with Crippen LogP contribution in [0.5, 0.6) is 0 Å². The number of amides is 2. The minimum absolute atomic E-state index is 0.151. The molecule has 9 heteroatoms. The molecule has 1 fully saturated rings. The third kappa shape index (κ3) is 7.48. The van der Waals surface area contributed by atoms with Gasteiger partial charge in [-0.3, -0.25) is 9.59 Å². The first kappa shape index (κ1) is 26.5. The van der Waals surface area contributed by atoms with E-state index in [1.54, 1.807) is 6.20 Å². The van der Waals surface area contributed by atoms with E-state index < -0.39 is 0 Å². The molecule has 2 amide bonds. The molecule has 1 spiro atoms. The molecule has 0 atom stereocenters. The SMILES string of the molecule is CN(C)C1=C=C=C(CNC(=O)c2cnc3nc2NCCCCC2(CC2)C(=O)NCCCCCCN3)C=C1. The van der Waals surface area contributed by atoms with Crippen molar-refractivity contribution in [2.24, 2.45) is 5.41 Å². The fourth-order valence-corrected chi connectivity index (χ4v) is 4.54. The summed E-state index contributed by atoms with van der Waals surface area (Å²) in [7, 11) is 3.90. The molecule has 0 radical (unpaired) electrons. The minimum atomic E-state index is -0.241. The van der Waals surface area contributed by atoms with Gasteiger partial charge in [-0.1, -0.05) is 25.0 Å². The average Bonchev–Trinajstić information content (AvgIpc) is 3.69. The van der Waals surface area contributed by atoms with Crippen LogP contribution in [0.25, 0.3) is 0 Å². The summed E-state index contributed by atoms with van der Waals surface area (Å²) in [5.41, 5.74) is 8.23. The number of carbonyl (C=O) groups is 2. The predicted octanol–water partition coefficient (Wildman–Crippen LogP) is 3.37. The summed E-state index contributed by atoms with van der Waals surface area (Å²) >= 11 is 0. The number of rotatable bonds is 4. The Labute approximate surface area is 219 Å². The number of fused-ring (bicyclic) bond motifs is 2. The Hall–Kier alpha value is -3.54. The van der Waals surface area contributed by atoms with Crippen LogP contribution in [0.4, 0.5) is 11.8 Å². The van der Waals surface area contributed by atoms with Crippen molar-refractivity contribution in [1.82, 2.24) is 25.5 Å².